The fraction of sp³-hybridized carbons (Fsp3) is 0.625. The molecule has 2 saturated heterocycles. The van der Waals surface area contributed by atoms with Gasteiger partial charge in [0.2, 0.25) is 5.91 Å². The maximum Gasteiger partial charge on any atom is 0.250 e. The third-order valence-corrected chi connectivity index (χ3v) is 4.68. The normalized spacial score (nSPS) is 27.6. The number of nitrogens with zero attached hydrogens (tertiary/aromatic N) is 2. The molecule has 0 radical (unpaired) electrons. The van der Waals surface area contributed by atoms with Gasteiger partial charge in [0.25, 0.3) is 0 Å². The summed E-state index contributed by atoms with van der Waals surface area (Å²) in [5.74, 6) is 0.546. The van der Waals surface area contributed by atoms with Crippen LogP contribution in [0.2, 0.25) is 0 Å². The monoisotopic (exact) mass is 288 g/mol. The Hall–Kier alpha value is -1.62. The van der Waals surface area contributed by atoms with E-state index in [4.69, 9.17) is 5.73 Å². The summed E-state index contributed by atoms with van der Waals surface area (Å²) in [7, 11) is 0. The second kappa shape index (κ2) is 6.02. The Balaban J connectivity index is 1.78. The van der Waals surface area contributed by atoms with Gasteiger partial charge in [-0.05, 0) is 44.2 Å². The number of amides is 1. The average Bonchev–Trinajstić information content (AvgIpc) is 2.83. The average molecular weight is 288 g/mol. The molecule has 0 aliphatic carbocycles. The van der Waals surface area contributed by atoms with Crippen molar-refractivity contribution in [3.05, 3.63) is 23.9 Å². The maximum atomic E-state index is 11.2. The number of nitrogens with one attached hydrogen (secondary N) is 1. The highest BCUT2D eigenvalue weighted by atomic mass is 16.1. The minimum Gasteiger partial charge on any atom is -0.366 e. The number of carbonyl (C=O) groups excluding carboxylic acids is 1. The van der Waals surface area contributed by atoms with E-state index in [-0.39, 0.29) is 0 Å². The molecule has 2 atom stereocenters. The topological polar surface area (TPSA) is 71.2 Å². The van der Waals surface area contributed by atoms with Gasteiger partial charge in [-0.2, -0.15) is 0 Å². The van der Waals surface area contributed by atoms with Crippen LogP contribution in [-0.2, 0) is 0 Å². The number of anilines is 1. The first kappa shape index (κ1) is 14.3. The zero-order valence-corrected chi connectivity index (χ0v) is 12.6. The Bertz CT molecular complexity index is 490. The van der Waals surface area contributed by atoms with Crippen LogP contribution in [0.15, 0.2) is 18.3 Å². The van der Waals surface area contributed by atoms with E-state index < -0.39 is 5.91 Å². The van der Waals surface area contributed by atoms with Gasteiger partial charge >= 0.3 is 0 Å². The molecule has 2 aliphatic rings. The highest BCUT2D eigenvalue weighted by Crippen LogP contribution is 2.31. The SMILES string of the molecule is CCCN(c1ccc(C(N)=O)cn1)C1CC2CCC(C1)N2. The van der Waals surface area contributed by atoms with E-state index in [0.717, 1.165) is 18.8 Å². The molecule has 5 heteroatoms. The lowest BCUT2D eigenvalue weighted by molar-refractivity contribution is 0.1000. The molecule has 0 spiro atoms. The Morgan fingerprint density at radius 1 is 1.38 bits per heavy atom. The van der Waals surface area contributed by atoms with Gasteiger partial charge < -0.3 is 16.0 Å². The van der Waals surface area contributed by atoms with Gasteiger partial charge in [-0.25, -0.2) is 4.98 Å². The van der Waals surface area contributed by atoms with Crippen molar-refractivity contribution in [1.82, 2.24) is 10.3 Å². The number of hydrogen-bond acceptors (Lipinski definition) is 4. The van der Waals surface area contributed by atoms with Gasteiger partial charge in [-0.15, -0.1) is 0 Å². The van der Waals surface area contributed by atoms with Crippen LogP contribution in [0.1, 0.15) is 49.4 Å². The van der Waals surface area contributed by atoms with E-state index in [9.17, 15) is 4.79 Å². The molecule has 0 aromatic carbocycles. The number of fused-ring (bicyclic) bond motifs is 2. The summed E-state index contributed by atoms with van der Waals surface area (Å²) in [5.41, 5.74) is 5.76. The van der Waals surface area contributed by atoms with E-state index in [1.807, 2.05) is 6.07 Å². The zero-order chi connectivity index (χ0) is 14.8. The van der Waals surface area contributed by atoms with Crippen molar-refractivity contribution in [2.45, 2.75) is 57.2 Å². The molecule has 21 heavy (non-hydrogen) atoms. The first-order valence-corrected chi connectivity index (χ1v) is 7.96. The Kier molecular flexibility index (Phi) is 4.10. The first-order valence-electron chi connectivity index (χ1n) is 7.96. The predicted molar refractivity (Wildman–Crippen MR) is 83.4 cm³/mol. The van der Waals surface area contributed by atoms with Crippen LogP contribution in [0.4, 0.5) is 5.82 Å². The molecule has 1 amide bonds. The van der Waals surface area contributed by atoms with Crippen molar-refractivity contribution in [3.63, 3.8) is 0 Å². The standard InChI is InChI=1S/C16H24N4O/c1-2-7-20(14-8-12-4-5-13(9-14)19-12)15-6-3-11(10-18-15)16(17)21/h3,6,10,12-14,19H,2,4-5,7-9H2,1H3,(H2,17,21). The van der Waals surface area contributed by atoms with Crippen molar-refractivity contribution < 1.29 is 4.79 Å². The molecule has 3 N–H and O–H groups in total. The molecule has 5 nitrogen and oxygen atoms in total. The number of rotatable bonds is 5. The number of piperidine rings is 1. The molecule has 3 rings (SSSR count). The summed E-state index contributed by atoms with van der Waals surface area (Å²) < 4.78 is 0. The quantitative estimate of drug-likeness (QED) is 0.865. The molecular weight excluding hydrogens is 264 g/mol. The van der Waals surface area contributed by atoms with Crippen LogP contribution >= 0.6 is 0 Å². The molecule has 0 saturated carbocycles. The van der Waals surface area contributed by atoms with Crippen LogP contribution in [0, 0.1) is 0 Å². The fourth-order valence-corrected chi connectivity index (χ4v) is 3.71. The smallest absolute Gasteiger partial charge is 0.250 e. The van der Waals surface area contributed by atoms with Crippen LogP contribution in [0.3, 0.4) is 0 Å². The summed E-state index contributed by atoms with van der Waals surface area (Å²) in [6, 6.07) is 5.59. The largest absolute Gasteiger partial charge is 0.366 e. The first-order chi connectivity index (χ1) is 10.2. The van der Waals surface area contributed by atoms with E-state index in [0.29, 0.717) is 23.7 Å². The number of aromatic nitrogens is 1. The molecule has 114 valence electrons. The molecule has 3 heterocycles. The molecule has 1 aromatic heterocycles. The van der Waals surface area contributed by atoms with Crippen molar-refractivity contribution >= 4 is 11.7 Å². The summed E-state index contributed by atoms with van der Waals surface area (Å²) in [4.78, 5) is 18.0. The van der Waals surface area contributed by atoms with Crippen molar-refractivity contribution in [3.8, 4) is 0 Å². The van der Waals surface area contributed by atoms with Crippen molar-refractivity contribution in [1.29, 1.82) is 0 Å². The van der Waals surface area contributed by atoms with Crippen molar-refractivity contribution in [2.75, 3.05) is 11.4 Å². The minimum absolute atomic E-state index is 0.420. The lowest BCUT2D eigenvalue weighted by Crippen LogP contribution is -2.49. The molecule has 2 unspecified atom stereocenters. The molecule has 2 aliphatic heterocycles. The molecule has 2 fully saturated rings. The number of pyridine rings is 1. The summed E-state index contributed by atoms with van der Waals surface area (Å²) in [5, 5.41) is 3.68. The number of nitrogens with two attached hydrogens (primary N) is 1. The second-order valence-corrected chi connectivity index (χ2v) is 6.23. The third-order valence-electron chi connectivity index (χ3n) is 4.68. The van der Waals surface area contributed by atoms with Gasteiger partial charge in [0.1, 0.15) is 5.82 Å². The van der Waals surface area contributed by atoms with Gasteiger partial charge in [-0.3, -0.25) is 4.79 Å². The Labute approximate surface area is 125 Å². The van der Waals surface area contributed by atoms with Crippen LogP contribution in [-0.4, -0.2) is 35.6 Å². The Morgan fingerprint density at radius 3 is 2.62 bits per heavy atom. The van der Waals surface area contributed by atoms with Crippen LogP contribution in [0.25, 0.3) is 0 Å². The van der Waals surface area contributed by atoms with Gasteiger partial charge in [0, 0.05) is 30.9 Å². The predicted octanol–water partition coefficient (Wildman–Crippen LogP) is 1.68. The number of hydrogen-bond donors (Lipinski definition) is 2. The third kappa shape index (κ3) is 3.02. The zero-order valence-electron chi connectivity index (χ0n) is 12.6. The number of primary amides is 1. The highest BCUT2D eigenvalue weighted by molar-refractivity contribution is 5.92. The highest BCUT2D eigenvalue weighted by Gasteiger charge is 2.36. The molecule has 1 aromatic rings. The fourth-order valence-electron chi connectivity index (χ4n) is 3.71. The van der Waals surface area contributed by atoms with Crippen molar-refractivity contribution in [2.24, 2.45) is 5.73 Å². The minimum atomic E-state index is -0.420. The van der Waals surface area contributed by atoms with Gasteiger partial charge in [-0.1, -0.05) is 6.92 Å². The lowest BCUT2D eigenvalue weighted by atomic mass is 9.98. The molecule has 2 bridgehead atoms. The second-order valence-electron chi connectivity index (χ2n) is 6.23. The van der Waals surface area contributed by atoms with Gasteiger partial charge in [0.15, 0.2) is 0 Å². The van der Waals surface area contributed by atoms with Crippen LogP contribution < -0.4 is 16.0 Å². The maximum absolute atomic E-state index is 11.2. The Morgan fingerprint density at radius 2 is 2.10 bits per heavy atom. The molecular formula is C16H24N4O. The summed E-state index contributed by atoms with van der Waals surface area (Å²) in [6.07, 6.45) is 7.67. The number of carbonyl (C=O) groups is 1. The van der Waals surface area contributed by atoms with E-state index >= 15 is 0 Å². The van der Waals surface area contributed by atoms with Crippen LogP contribution in [0.5, 0.6) is 0 Å². The van der Waals surface area contributed by atoms with Gasteiger partial charge in [0.05, 0.1) is 5.56 Å². The lowest BCUT2D eigenvalue weighted by Gasteiger charge is -2.38. The summed E-state index contributed by atoms with van der Waals surface area (Å²) in [6.45, 7) is 3.20. The van der Waals surface area contributed by atoms with E-state index in [1.165, 1.54) is 25.7 Å². The summed E-state index contributed by atoms with van der Waals surface area (Å²) >= 11 is 0. The van der Waals surface area contributed by atoms with E-state index in [1.54, 1.807) is 12.3 Å². The van der Waals surface area contributed by atoms with E-state index in [2.05, 4.69) is 22.1 Å².